The normalized spacial score (nSPS) is 11.9. The average molecular weight is 635 g/mol. The SMILES string of the molecule is CCOC(=O)NC(=O)C(C#N)=NNc1cc(Cl)c(Oc2cc3c(C(C)C)cn(COCC[Si](C)(C)C)c3nn2)c(Cl)c1. The molecule has 3 rings (SSSR count). The summed E-state index contributed by atoms with van der Waals surface area (Å²) in [6, 6.07) is 7.31. The fourth-order valence-corrected chi connectivity index (χ4v) is 4.95. The third kappa shape index (κ3) is 8.90. The van der Waals surface area contributed by atoms with Gasteiger partial charge in [-0.05, 0) is 36.6 Å². The summed E-state index contributed by atoms with van der Waals surface area (Å²) in [5.41, 5.74) is 3.89. The molecule has 0 unspecified atom stereocenters. The van der Waals surface area contributed by atoms with Crippen molar-refractivity contribution in [3.8, 4) is 17.7 Å². The largest absolute Gasteiger partial charge is 0.450 e. The van der Waals surface area contributed by atoms with Crippen LogP contribution in [0.2, 0.25) is 35.7 Å². The molecule has 224 valence electrons. The number of nitrogens with one attached hydrogen (secondary N) is 2. The number of nitrogens with zero attached hydrogens (tertiary/aromatic N) is 5. The smallest absolute Gasteiger partial charge is 0.414 e. The second-order valence-corrected chi connectivity index (χ2v) is 17.1. The molecule has 2 aromatic heterocycles. The van der Waals surface area contributed by atoms with Crippen molar-refractivity contribution in [2.24, 2.45) is 5.10 Å². The van der Waals surface area contributed by atoms with E-state index in [1.54, 1.807) is 19.1 Å². The molecule has 2 N–H and O–H groups in total. The van der Waals surface area contributed by atoms with Gasteiger partial charge in [0.05, 0.1) is 22.3 Å². The standard InChI is InChI=1S/C27H33Cl2N7O5Si/c1-7-40-27(38)31-26(37)22(13-30)33-32-17-10-20(28)24(21(29)11-17)41-23-12-18-19(16(2)3)14-36(25(18)35-34-23)15-39-8-9-42(4,5)6/h10-12,14,16,32H,7-9,15H2,1-6H3,(H,31,37,38). The highest BCUT2D eigenvalue weighted by atomic mass is 35.5. The molecule has 15 heteroatoms. The quantitative estimate of drug-likeness (QED) is 0.0980. The number of hydrogen-bond donors (Lipinski definition) is 2. The van der Waals surface area contributed by atoms with Gasteiger partial charge in [-0.25, -0.2) is 4.79 Å². The Bertz CT molecular complexity index is 1510. The van der Waals surface area contributed by atoms with Crippen LogP contribution in [-0.2, 0) is 21.0 Å². The maximum atomic E-state index is 12.0. The monoisotopic (exact) mass is 633 g/mol. The van der Waals surface area contributed by atoms with Gasteiger partial charge in [0.2, 0.25) is 11.6 Å². The Kier molecular flexibility index (Phi) is 11.3. The van der Waals surface area contributed by atoms with E-state index in [9.17, 15) is 14.9 Å². The first-order valence-electron chi connectivity index (χ1n) is 13.2. The van der Waals surface area contributed by atoms with E-state index in [2.05, 4.69) is 58.9 Å². The van der Waals surface area contributed by atoms with E-state index >= 15 is 0 Å². The van der Waals surface area contributed by atoms with Crippen molar-refractivity contribution in [2.45, 2.75) is 59.1 Å². The summed E-state index contributed by atoms with van der Waals surface area (Å²) in [4.78, 5) is 23.5. The number of benzene rings is 1. The number of hydrazone groups is 1. The minimum Gasteiger partial charge on any atom is -0.450 e. The highest BCUT2D eigenvalue weighted by molar-refractivity contribution is 6.76. The molecule has 0 saturated heterocycles. The molecular formula is C27H33Cl2N7O5Si. The first-order chi connectivity index (χ1) is 19.8. The summed E-state index contributed by atoms with van der Waals surface area (Å²) in [6.45, 7) is 13.8. The molecule has 42 heavy (non-hydrogen) atoms. The lowest BCUT2D eigenvalue weighted by Gasteiger charge is -2.15. The van der Waals surface area contributed by atoms with Crippen LogP contribution in [0.15, 0.2) is 29.5 Å². The first kappa shape index (κ1) is 32.8. The zero-order valence-corrected chi connectivity index (χ0v) is 26.8. The second kappa shape index (κ2) is 14.5. The van der Waals surface area contributed by atoms with Crippen molar-refractivity contribution in [1.29, 1.82) is 5.26 Å². The Balaban J connectivity index is 1.78. The molecule has 0 saturated carbocycles. The van der Waals surface area contributed by atoms with Crippen molar-refractivity contribution in [3.63, 3.8) is 0 Å². The molecule has 0 radical (unpaired) electrons. The Labute approximate surface area is 254 Å². The minimum atomic E-state index is -1.20. The van der Waals surface area contributed by atoms with Crippen molar-refractivity contribution < 1.29 is 23.8 Å². The van der Waals surface area contributed by atoms with Gasteiger partial charge >= 0.3 is 6.09 Å². The molecule has 0 fully saturated rings. The van der Waals surface area contributed by atoms with E-state index in [0.29, 0.717) is 19.0 Å². The van der Waals surface area contributed by atoms with Crippen molar-refractivity contribution in [1.82, 2.24) is 20.1 Å². The summed E-state index contributed by atoms with van der Waals surface area (Å²) in [5, 5.41) is 24.5. The van der Waals surface area contributed by atoms with Gasteiger partial charge in [-0.15, -0.1) is 10.2 Å². The van der Waals surface area contributed by atoms with E-state index in [4.69, 9.17) is 32.7 Å². The number of hydrogen-bond acceptors (Lipinski definition) is 10. The Morgan fingerprint density at radius 1 is 1.17 bits per heavy atom. The second-order valence-electron chi connectivity index (χ2n) is 10.7. The number of carbonyl (C=O) groups is 2. The third-order valence-corrected chi connectivity index (χ3v) is 8.06. The van der Waals surface area contributed by atoms with Gasteiger partial charge in [-0.1, -0.05) is 56.7 Å². The first-order valence-corrected chi connectivity index (χ1v) is 17.6. The fourth-order valence-electron chi connectivity index (χ4n) is 3.63. The predicted octanol–water partition coefficient (Wildman–Crippen LogP) is 6.53. The van der Waals surface area contributed by atoms with Crippen LogP contribution in [0.1, 0.15) is 32.3 Å². The molecule has 0 aliphatic heterocycles. The molecule has 0 aliphatic rings. The zero-order chi connectivity index (χ0) is 31.0. The van der Waals surface area contributed by atoms with Crippen LogP contribution in [0, 0.1) is 11.3 Å². The van der Waals surface area contributed by atoms with Crippen LogP contribution >= 0.6 is 23.2 Å². The van der Waals surface area contributed by atoms with E-state index in [0.717, 1.165) is 17.0 Å². The summed E-state index contributed by atoms with van der Waals surface area (Å²) in [7, 11) is -1.20. The number of amides is 2. The maximum Gasteiger partial charge on any atom is 0.414 e. The van der Waals surface area contributed by atoms with Crippen LogP contribution in [0.25, 0.3) is 11.0 Å². The van der Waals surface area contributed by atoms with Crippen molar-refractivity contribution in [3.05, 3.63) is 40.0 Å². The number of imide groups is 1. The van der Waals surface area contributed by atoms with E-state index in [1.165, 1.54) is 12.1 Å². The Morgan fingerprint density at radius 2 is 1.86 bits per heavy atom. The maximum absolute atomic E-state index is 12.0. The Hall–Kier alpha value is -3.70. The van der Waals surface area contributed by atoms with E-state index < -0.39 is 25.8 Å². The van der Waals surface area contributed by atoms with Gasteiger partial charge < -0.3 is 18.8 Å². The number of halogens is 2. The number of rotatable bonds is 12. The van der Waals surface area contributed by atoms with Gasteiger partial charge in [0.1, 0.15) is 12.8 Å². The molecular weight excluding hydrogens is 601 g/mol. The van der Waals surface area contributed by atoms with E-state index in [1.807, 2.05) is 16.1 Å². The topological polar surface area (TPSA) is 153 Å². The molecule has 3 aromatic rings. The van der Waals surface area contributed by atoms with Gasteiger partial charge in [0, 0.05) is 32.3 Å². The van der Waals surface area contributed by atoms with Crippen molar-refractivity contribution >= 4 is 65.7 Å². The number of ether oxygens (including phenoxy) is 3. The number of aromatic nitrogens is 3. The predicted molar refractivity (Wildman–Crippen MR) is 164 cm³/mol. The lowest BCUT2D eigenvalue weighted by atomic mass is 10.0. The molecule has 0 aliphatic carbocycles. The van der Waals surface area contributed by atoms with E-state index in [-0.39, 0.29) is 39.9 Å². The van der Waals surface area contributed by atoms with Crippen LogP contribution in [-0.4, -0.2) is 53.8 Å². The molecule has 2 heterocycles. The average Bonchev–Trinajstić information content (AvgIpc) is 3.27. The molecule has 0 bridgehead atoms. The number of anilines is 1. The lowest BCUT2D eigenvalue weighted by molar-refractivity contribution is -0.114. The zero-order valence-electron chi connectivity index (χ0n) is 24.2. The Morgan fingerprint density at radius 3 is 2.45 bits per heavy atom. The third-order valence-electron chi connectivity index (χ3n) is 5.79. The fraction of sp³-hybridized carbons (Fsp3) is 0.407. The summed E-state index contributed by atoms with van der Waals surface area (Å²) in [5.74, 6) is -0.514. The number of alkyl carbamates (subject to hydrolysis) is 1. The molecule has 12 nitrogen and oxygen atoms in total. The summed E-state index contributed by atoms with van der Waals surface area (Å²) in [6.07, 6.45) is 1.02. The van der Waals surface area contributed by atoms with Crippen LogP contribution < -0.4 is 15.5 Å². The highest BCUT2D eigenvalue weighted by Gasteiger charge is 2.19. The highest BCUT2D eigenvalue weighted by Crippen LogP contribution is 2.39. The number of nitriles is 1. The minimum absolute atomic E-state index is 0.0563. The van der Waals surface area contributed by atoms with Gasteiger partial charge in [0.25, 0.3) is 5.91 Å². The van der Waals surface area contributed by atoms with Gasteiger partial charge in [-0.2, -0.15) is 10.4 Å². The number of fused-ring (bicyclic) bond motifs is 1. The van der Waals surface area contributed by atoms with Crippen LogP contribution in [0.4, 0.5) is 10.5 Å². The summed E-state index contributed by atoms with van der Waals surface area (Å²) >= 11 is 12.9. The molecule has 0 atom stereocenters. The molecule has 2 amide bonds. The van der Waals surface area contributed by atoms with Crippen molar-refractivity contribution in [2.75, 3.05) is 18.6 Å². The summed E-state index contributed by atoms with van der Waals surface area (Å²) < 4.78 is 18.4. The van der Waals surface area contributed by atoms with Crippen LogP contribution in [0.3, 0.4) is 0 Å². The molecule has 0 spiro atoms. The molecule has 1 aromatic carbocycles. The van der Waals surface area contributed by atoms with Gasteiger partial charge in [-0.3, -0.25) is 15.5 Å². The van der Waals surface area contributed by atoms with Gasteiger partial charge in [0.15, 0.2) is 11.4 Å². The number of carbonyl (C=O) groups excluding carboxylic acids is 2. The van der Waals surface area contributed by atoms with Crippen LogP contribution in [0.5, 0.6) is 11.6 Å². The lowest BCUT2D eigenvalue weighted by Crippen LogP contribution is -2.36.